The number of carbonyl (C=O) groups excluding carboxylic acids is 1. The zero-order valence-electron chi connectivity index (χ0n) is 23.3. The molecule has 0 bridgehead atoms. The smallest absolute Gasteiger partial charge is 0.244 e. The molecule has 3 heterocycles. The Morgan fingerprint density at radius 3 is 2.50 bits per heavy atom. The number of guanidine groups is 1. The van der Waals surface area contributed by atoms with Gasteiger partial charge >= 0.3 is 0 Å². The van der Waals surface area contributed by atoms with Gasteiger partial charge in [-0.15, -0.1) is 0 Å². The van der Waals surface area contributed by atoms with E-state index in [1.165, 1.54) is 36.9 Å². The molecule has 5 rings (SSSR count). The van der Waals surface area contributed by atoms with E-state index >= 15 is 0 Å². The average Bonchev–Trinajstić information content (AvgIpc) is 3.21. The number of anilines is 1. The summed E-state index contributed by atoms with van der Waals surface area (Å²) >= 11 is 0. The molecule has 1 aliphatic carbocycles. The highest BCUT2D eigenvalue weighted by atomic mass is 16.2. The molecule has 208 valence electrons. The zero-order valence-corrected chi connectivity index (χ0v) is 23.3. The van der Waals surface area contributed by atoms with Crippen molar-refractivity contribution >= 4 is 23.4 Å². The van der Waals surface area contributed by atoms with Crippen LogP contribution in [0.3, 0.4) is 0 Å². The molecule has 1 aromatic carbocycles. The number of amides is 1. The van der Waals surface area contributed by atoms with Crippen LogP contribution in [0.15, 0.2) is 34.3 Å². The molecule has 1 amide bonds. The highest BCUT2D eigenvalue weighted by molar-refractivity contribution is 6.10. The Kier molecular flexibility index (Phi) is 8.56. The van der Waals surface area contributed by atoms with Crippen LogP contribution in [-0.4, -0.2) is 66.9 Å². The van der Waals surface area contributed by atoms with Gasteiger partial charge in [0.15, 0.2) is 5.96 Å². The van der Waals surface area contributed by atoms with Crippen molar-refractivity contribution in [3.05, 3.63) is 29.8 Å². The van der Waals surface area contributed by atoms with E-state index in [1.807, 2.05) is 0 Å². The number of rotatable bonds is 7. The summed E-state index contributed by atoms with van der Waals surface area (Å²) in [6, 6.07) is 9.56. The number of fused-ring (bicyclic) bond motifs is 3. The third kappa shape index (κ3) is 5.85. The van der Waals surface area contributed by atoms with Crippen LogP contribution < -0.4 is 21.7 Å². The summed E-state index contributed by atoms with van der Waals surface area (Å²) in [4.78, 5) is 27.6. The highest BCUT2D eigenvalue weighted by Crippen LogP contribution is 2.43. The molecule has 8 heteroatoms. The van der Waals surface area contributed by atoms with Crippen molar-refractivity contribution in [3.8, 4) is 0 Å². The first-order valence-electron chi connectivity index (χ1n) is 15.0. The van der Waals surface area contributed by atoms with Gasteiger partial charge in [-0.25, -0.2) is 0 Å². The first kappa shape index (κ1) is 27.0. The van der Waals surface area contributed by atoms with Crippen LogP contribution >= 0.6 is 0 Å². The van der Waals surface area contributed by atoms with Crippen molar-refractivity contribution in [3.63, 3.8) is 0 Å². The van der Waals surface area contributed by atoms with Gasteiger partial charge < -0.3 is 26.6 Å². The van der Waals surface area contributed by atoms with E-state index in [0.29, 0.717) is 25.6 Å². The lowest BCUT2D eigenvalue weighted by atomic mass is 9.79. The van der Waals surface area contributed by atoms with Crippen molar-refractivity contribution in [1.29, 1.82) is 0 Å². The quantitative estimate of drug-likeness (QED) is 0.288. The summed E-state index contributed by atoms with van der Waals surface area (Å²) in [6.07, 6.45) is 10.0. The fourth-order valence-electron chi connectivity index (χ4n) is 7.26. The number of aliphatic imine (C=N–C) groups is 2. The number of nitrogens with one attached hydrogen (secondary N) is 1. The molecule has 1 unspecified atom stereocenters. The average molecular weight is 522 g/mol. The molecule has 38 heavy (non-hydrogen) atoms. The molecule has 5 N–H and O–H groups in total. The Labute approximate surface area is 228 Å². The Bertz CT molecular complexity index is 1020. The van der Waals surface area contributed by atoms with E-state index in [9.17, 15) is 4.79 Å². The maximum atomic E-state index is 13.0. The Morgan fingerprint density at radius 2 is 1.79 bits per heavy atom. The van der Waals surface area contributed by atoms with Gasteiger partial charge in [-0.05, 0) is 81.3 Å². The van der Waals surface area contributed by atoms with E-state index in [4.69, 9.17) is 16.5 Å². The predicted octanol–water partition coefficient (Wildman–Crippen LogP) is 3.61. The number of hydrogen-bond donors (Lipinski definition) is 3. The maximum absolute atomic E-state index is 13.0. The Morgan fingerprint density at radius 1 is 1.05 bits per heavy atom. The maximum Gasteiger partial charge on any atom is 0.244 e. The number of piperidine rings is 1. The summed E-state index contributed by atoms with van der Waals surface area (Å²) in [5.74, 6) is 3.16. The van der Waals surface area contributed by atoms with E-state index in [2.05, 4.69) is 58.2 Å². The molecule has 0 radical (unpaired) electrons. The Hall–Kier alpha value is -2.61. The molecule has 2 fully saturated rings. The van der Waals surface area contributed by atoms with Gasteiger partial charge in [0.1, 0.15) is 11.9 Å². The van der Waals surface area contributed by atoms with Crippen LogP contribution in [0.4, 0.5) is 5.69 Å². The summed E-state index contributed by atoms with van der Waals surface area (Å²) in [6.45, 7) is 8.26. The van der Waals surface area contributed by atoms with Crippen LogP contribution in [0.2, 0.25) is 0 Å². The Balaban J connectivity index is 1.32. The fraction of sp³-hybridized carbons (Fsp3) is 0.700. The third-order valence-electron chi connectivity index (χ3n) is 9.45. The summed E-state index contributed by atoms with van der Waals surface area (Å²) in [5.41, 5.74) is 13.6. The molecule has 0 aromatic heterocycles. The van der Waals surface area contributed by atoms with E-state index < -0.39 is 6.04 Å². The normalized spacial score (nSPS) is 28.7. The zero-order chi connectivity index (χ0) is 26.6. The second kappa shape index (κ2) is 12.1. The molecule has 1 saturated heterocycles. The standard InChI is InChI=1S/C30H47N7O/c1-20(2)21-9-11-22(12-10-21)36-18-14-23(15-19-36)37-27-8-4-3-6-24(27)25-13-17-33-29(38)26(35-28(25)37)7-5-16-34-30(31)32/h3-4,6,8,20-23,25-26H,5,7,9-19H2,1-2H3,(H,33,38)(H4,31,32,34)/t21?,22?,25?,26-/m0/s1. The first-order chi connectivity index (χ1) is 18.4. The van der Waals surface area contributed by atoms with Crippen LogP contribution in [0.1, 0.15) is 83.1 Å². The van der Waals surface area contributed by atoms with Crippen molar-refractivity contribution < 1.29 is 4.79 Å². The largest absolute Gasteiger partial charge is 0.370 e. The number of hydrogen-bond acceptors (Lipinski definition) is 5. The van der Waals surface area contributed by atoms with Crippen molar-refractivity contribution in [2.24, 2.45) is 33.3 Å². The lowest BCUT2D eigenvalue weighted by Crippen LogP contribution is -2.51. The number of benzene rings is 1. The van der Waals surface area contributed by atoms with Crippen molar-refractivity contribution in [1.82, 2.24) is 10.2 Å². The van der Waals surface area contributed by atoms with Gasteiger partial charge in [0.2, 0.25) is 5.91 Å². The van der Waals surface area contributed by atoms with Crippen LogP contribution in [0, 0.1) is 11.8 Å². The third-order valence-corrected chi connectivity index (χ3v) is 9.45. The van der Waals surface area contributed by atoms with Crippen LogP contribution in [0.5, 0.6) is 0 Å². The molecule has 2 atom stereocenters. The lowest BCUT2D eigenvalue weighted by molar-refractivity contribution is -0.122. The molecule has 0 spiro atoms. The summed E-state index contributed by atoms with van der Waals surface area (Å²) in [7, 11) is 0. The van der Waals surface area contributed by atoms with E-state index in [0.717, 1.165) is 62.5 Å². The molecule has 3 aliphatic heterocycles. The minimum atomic E-state index is -0.407. The van der Waals surface area contributed by atoms with Gasteiger partial charge in [-0.1, -0.05) is 32.0 Å². The highest BCUT2D eigenvalue weighted by Gasteiger charge is 2.42. The monoisotopic (exact) mass is 521 g/mol. The molecular formula is C30H47N7O. The van der Waals surface area contributed by atoms with Crippen molar-refractivity contribution in [2.45, 2.75) is 95.7 Å². The molecule has 1 saturated carbocycles. The second-order valence-corrected chi connectivity index (χ2v) is 12.1. The summed E-state index contributed by atoms with van der Waals surface area (Å²) < 4.78 is 0. The summed E-state index contributed by atoms with van der Waals surface area (Å²) in [5, 5.41) is 3.12. The number of amidine groups is 1. The molecular weight excluding hydrogens is 474 g/mol. The van der Waals surface area contributed by atoms with Crippen molar-refractivity contribution in [2.75, 3.05) is 31.1 Å². The lowest BCUT2D eigenvalue weighted by Gasteiger charge is -2.44. The first-order valence-corrected chi connectivity index (χ1v) is 15.0. The minimum Gasteiger partial charge on any atom is -0.370 e. The van der Waals surface area contributed by atoms with Crippen LogP contribution in [-0.2, 0) is 4.79 Å². The predicted molar refractivity (Wildman–Crippen MR) is 156 cm³/mol. The number of para-hydroxylation sites is 1. The van der Waals surface area contributed by atoms with Gasteiger partial charge in [0.25, 0.3) is 0 Å². The minimum absolute atomic E-state index is 0.0170. The van der Waals surface area contributed by atoms with Gasteiger partial charge in [-0.3, -0.25) is 14.8 Å². The number of likely N-dealkylation sites (tertiary alicyclic amines) is 1. The SMILES string of the molecule is CC(C)C1CCC(N2CCC(N3C4=N[C@@H](CCCN=C(N)N)C(=O)NCCC4c4ccccc43)CC2)CC1. The molecule has 8 nitrogen and oxygen atoms in total. The second-order valence-electron chi connectivity index (χ2n) is 12.1. The van der Waals surface area contributed by atoms with E-state index in [-0.39, 0.29) is 17.8 Å². The van der Waals surface area contributed by atoms with Gasteiger partial charge in [0, 0.05) is 49.9 Å². The van der Waals surface area contributed by atoms with E-state index in [1.54, 1.807) is 0 Å². The van der Waals surface area contributed by atoms with Crippen LogP contribution in [0.25, 0.3) is 0 Å². The molecule has 1 aromatic rings. The number of nitrogens with zero attached hydrogens (tertiary/aromatic N) is 4. The fourth-order valence-corrected chi connectivity index (χ4v) is 7.26. The van der Waals surface area contributed by atoms with Gasteiger partial charge in [0.05, 0.1) is 0 Å². The number of nitrogens with two attached hydrogens (primary N) is 2. The topological polar surface area (TPSA) is 112 Å². The number of carbonyl (C=O) groups is 1. The van der Waals surface area contributed by atoms with Gasteiger partial charge in [-0.2, -0.15) is 0 Å². The molecule has 4 aliphatic rings.